The van der Waals surface area contributed by atoms with Gasteiger partial charge in [-0.2, -0.15) is 0 Å². The molecule has 6 heteroatoms. The first-order valence-electron chi connectivity index (χ1n) is 5.90. The van der Waals surface area contributed by atoms with Crippen LogP contribution in [-0.2, 0) is 11.3 Å². The van der Waals surface area contributed by atoms with Crippen molar-refractivity contribution < 1.29 is 4.74 Å². The smallest absolute Gasteiger partial charge is 0.167 e. The zero-order chi connectivity index (χ0) is 11.4. The fourth-order valence-corrected chi connectivity index (χ4v) is 2.06. The first-order chi connectivity index (χ1) is 7.77. The maximum Gasteiger partial charge on any atom is 0.167 e. The van der Waals surface area contributed by atoms with E-state index in [1.54, 1.807) is 4.68 Å². The number of aromatic nitrogens is 4. The minimum absolute atomic E-state index is 0.138. The van der Waals surface area contributed by atoms with Crippen LogP contribution in [0.1, 0.15) is 44.5 Å². The van der Waals surface area contributed by atoms with Crippen LogP contribution in [-0.4, -0.2) is 32.9 Å². The number of nitrogens with two attached hydrogens (primary N) is 1. The van der Waals surface area contributed by atoms with Crippen molar-refractivity contribution in [2.75, 3.05) is 6.61 Å². The monoisotopic (exact) mass is 225 g/mol. The number of hydrogen-bond donors (Lipinski definition) is 1. The van der Waals surface area contributed by atoms with Crippen molar-refractivity contribution >= 4 is 0 Å². The predicted molar refractivity (Wildman–Crippen MR) is 58.6 cm³/mol. The molecular formula is C10H19N5O. The number of rotatable bonds is 5. The molecule has 90 valence electrons. The Morgan fingerprint density at radius 1 is 1.50 bits per heavy atom. The van der Waals surface area contributed by atoms with Gasteiger partial charge in [0.25, 0.3) is 0 Å². The first kappa shape index (κ1) is 11.5. The molecule has 0 aliphatic heterocycles. The molecule has 0 spiro atoms. The second-order valence-electron chi connectivity index (χ2n) is 4.33. The lowest BCUT2D eigenvalue weighted by Gasteiger charge is -2.11. The molecule has 1 fully saturated rings. The molecule has 0 saturated heterocycles. The van der Waals surface area contributed by atoms with Gasteiger partial charge in [0.2, 0.25) is 0 Å². The molecule has 1 aliphatic rings. The van der Waals surface area contributed by atoms with Crippen molar-refractivity contribution in [1.29, 1.82) is 0 Å². The van der Waals surface area contributed by atoms with Crippen molar-refractivity contribution in [2.24, 2.45) is 5.73 Å². The van der Waals surface area contributed by atoms with Gasteiger partial charge in [0.15, 0.2) is 5.82 Å². The largest absolute Gasteiger partial charge is 0.376 e. The average molecular weight is 225 g/mol. The van der Waals surface area contributed by atoms with E-state index < -0.39 is 0 Å². The normalized spacial score (nSPS) is 19.1. The highest BCUT2D eigenvalue weighted by atomic mass is 16.5. The molecule has 1 aliphatic carbocycles. The minimum atomic E-state index is -0.138. The van der Waals surface area contributed by atoms with E-state index in [2.05, 4.69) is 15.5 Å². The van der Waals surface area contributed by atoms with Crippen LogP contribution in [0, 0.1) is 0 Å². The number of nitrogens with zero attached hydrogens (tertiary/aromatic N) is 4. The topological polar surface area (TPSA) is 78.9 Å². The molecule has 0 aromatic carbocycles. The summed E-state index contributed by atoms with van der Waals surface area (Å²) in [7, 11) is 0. The SMILES string of the molecule is CC(N)c1nnnn1CCOC1CCCC1. The van der Waals surface area contributed by atoms with E-state index in [9.17, 15) is 0 Å². The van der Waals surface area contributed by atoms with Crippen molar-refractivity contribution in [2.45, 2.75) is 51.3 Å². The molecule has 1 saturated carbocycles. The van der Waals surface area contributed by atoms with Gasteiger partial charge in [-0.15, -0.1) is 5.10 Å². The lowest BCUT2D eigenvalue weighted by Crippen LogP contribution is -2.19. The van der Waals surface area contributed by atoms with E-state index in [1.807, 2.05) is 6.92 Å². The molecule has 0 amide bonds. The zero-order valence-electron chi connectivity index (χ0n) is 9.67. The van der Waals surface area contributed by atoms with Crippen LogP contribution in [0.4, 0.5) is 0 Å². The highest BCUT2D eigenvalue weighted by molar-refractivity contribution is 4.87. The standard InChI is InChI=1S/C10H19N5O/c1-8(11)10-12-13-14-15(10)6-7-16-9-4-2-3-5-9/h8-9H,2-7,11H2,1H3. The van der Waals surface area contributed by atoms with Crippen LogP contribution in [0.25, 0.3) is 0 Å². The third-order valence-corrected chi connectivity index (χ3v) is 2.93. The zero-order valence-corrected chi connectivity index (χ0v) is 9.67. The van der Waals surface area contributed by atoms with E-state index in [-0.39, 0.29) is 6.04 Å². The second kappa shape index (κ2) is 5.36. The summed E-state index contributed by atoms with van der Waals surface area (Å²) < 4.78 is 7.48. The summed E-state index contributed by atoms with van der Waals surface area (Å²) in [6, 6.07) is -0.138. The van der Waals surface area contributed by atoms with Crippen molar-refractivity contribution in [3.05, 3.63) is 5.82 Å². The number of tetrazole rings is 1. The van der Waals surface area contributed by atoms with Crippen LogP contribution < -0.4 is 5.73 Å². The van der Waals surface area contributed by atoms with Crippen LogP contribution in [0.15, 0.2) is 0 Å². The van der Waals surface area contributed by atoms with E-state index in [0.29, 0.717) is 19.3 Å². The fraction of sp³-hybridized carbons (Fsp3) is 0.900. The lowest BCUT2D eigenvalue weighted by molar-refractivity contribution is 0.0506. The Hall–Kier alpha value is -1.01. The van der Waals surface area contributed by atoms with Crippen molar-refractivity contribution in [3.63, 3.8) is 0 Å². The molecule has 1 aromatic heterocycles. The summed E-state index contributed by atoms with van der Waals surface area (Å²) >= 11 is 0. The van der Waals surface area contributed by atoms with E-state index in [0.717, 1.165) is 5.82 Å². The van der Waals surface area contributed by atoms with Crippen LogP contribution in [0.2, 0.25) is 0 Å². The summed E-state index contributed by atoms with van der Waals surface area (Å²) in [4.78, 5) is 0. The fourth-order valence-electron chi connectivity index (χ4n) is 2.06. The summed E-state index contributed by atoms with van der Waals surface area (Å²) in [6.07, 6.45) is 5.41. The Kier molecular flexibility index (Phi) is 3.84. The maximum atomic E-state index is 5.75. The highest BCUT2D eigenvalue weighted by Gasteiger charge is 2.16. The summed E-state index contributed by atoms with van der Waals surface area (Å²) in [5.74, 6) is 0.718. The Balaban J connectivity index is 1.78. The van der Waals surface area contributed by atoms with Crippen LogP contribution in [0.3, 0.4) is 0 Å². The predicted octanol–water partition coefficient (Wildman–Crippen LogP) is 0.652. The number of hydrogen-bond acceptors (Lipinski definition) is 5. The van der Waals surface area contributed by atoms with Crippen molar-refractivity contribution in [3.8, 4) is 0 Å². The highest BCUT2D eigenvalue weighted by Crippen LogP contribution is 2.20. The van der Waals surface area contributed by atoms with Gasteiger partial charge in [0, 0.05) is 0 Å². The van der Waals surface area contributed by atoms with Gasteiger partial charge in [-0.3, -0.25) is 0 Å². The van der Waals surface area contributed by atoms with E-state index in [4.69, 9.17) is 10.5 Å². The van der Waals surface area contributed by atoms with Crippen LogP contribution >= 0.6 is 0 Å². The van der Waals surface area contributed by atoms with Crippen LogP contribution in [0.5, 0.6) is 0 Å². The molecule has 2 rings (SSSR count). The molecule has 1 atom stereocenters. The Morgan fingerprint density at radius 3 is 2.94 bits per heavy atom. The summed E-state index contributed by atoms with van der Waals surface area (Å²) in [6.45, 7) is 3.22. The third-order valence-electron chi connectivity index (χ3n) is 2.93. The second-order valence-corrected chi connectivity index (χ2v) is 4.33. The van der Waals surface area contributed by atoms with Crippen molar-refractivity contribution in [1.82, 2.24) is 20.2 Å². The maximum absolute atomic E-state index is 5.75. The third kappa shape index (κ3) is 2.76. The van der Waals surface area contributed by atoms with E-state index in [1.165, 1.54) is 25.7 Å². The molecule has 0 bridgehead atoms. The molecular weight excluding hydrogens is 206 g/mol. The molecule has 0 radical (unpaired) electrons. The van der Waals surface area contributed by atoms with E-state index >= 15 is 0 Å². The average Bonchev–Trinajstić information content (AvgIpc) is 2.87. The quantitative estimate of drug-likeness (QED) is 0.796. The van der Waals surface area contributed by atoms with Gasteiger partial charge in [-0.25, -0.2) is 4.68 Å². The molecule has 2 N–H and O–H groups in total. The summed E-state index contributed by atoms with van der Waals surface area (Å²) in [5, 5.41) is 11.4. The van der Waals surface area contributed by atoms with Gasteiger partial charge in [0.05, 0.1) is 25.3 Å². The molecule has 1 aromatic rings. The lowest BCUT2D eigenvalue weighted by atomic mass is 10.3. The Labute approximate surface area is 95.1 Å². The first-order valence-corrected chi connectivity index (χ1v) is 5.90. The van der Waals surface area contributed by atoms with Gasteiger partial charge < -0.3 is 10.5 Å². The molecule has 1 heterocycles. The van der Waals surface area contributed by atoms with Gasteiger partial charge in [-0.05, 0) is 30.2 Å². The van der Waals surface area contributed by atoms with Gasteiger partial charge >= 0.3 is 0 Å². The minimum Gasteiger partial charge on any atom is -0.376 e. The molecule has 6 nitrogen and oxygen atoms in total. The summed E-state index contributed by atoms with van der Waals surface area (Å²) in [5.41, 5.74) is 5.75. The Bertz CT molecular complexity index is 319. The number of ether oxygens (including phenoxy) is 1. The molecule has 16 heavy (non-hydrogen) atoms. The van der Waals surface area contributed by atoms with Gasteiger partial charge in [-0.1, -0.05) is 12.8 Å². The molecule has 1 unspecified atom stereocenters. The van der Waals surface area contributed by atoms with Gasteiger partial charge in [0.1, 0.15) is 0 Å². The Morgan fingerprint density at radius 2 is 2.25 bits per heavy atom.